The fourth-order valence-electron chi connectivity index (χ4n) is 2.45. The van der Waals surface area contributed by atoms with Gasteiger partial charge in [0.25, 0.3) is 0 Å². The van der Waals surface area contributed by atoms with Crippen molar-refractivity contribution in [3.8, 4) is 0 Å². The van der Waals surface area contributed by atoms with Gasteiger partial charge >= 0.3 is 0 Å². The van der Waals surface area contributed by atoms with Crippen LogP contribution in [0, 0.1) is 0 Å². The molecule has 1 aromatic heterocycles. The molecule has 5 heteroatoms. The summed E-state index contributed by atoms with van der Waals surface area (Å²) in [6.07, 6.45) is 0. The molecule has 0 aliphatic heterocycles. The molecular formula is C15H30N4S. The summed E-state index contributed by atoms with van der Waals surface area (Å²) in [6, 6.07) is 0.444. The third-order valence-corrected chi connectivity index (χ3v) is 4.44. The van der Waals surface area contributed by atoms with Crippen LogP contribution in [0.25, 0.3) is 0 Å². The summed E-state index contributed by atoms with van der Waals surface area (Å²) in [6.45, 7) is 13.6. The summed E-state index contributed by atoms with van der Waals surface area (Å²) in [4.78, 5) is 10.7. The zero-order chi connectivity index (χ0) is 15.5. The molecule has 0 aliphatic rings. The van der Waals surface area contributed by atoms with E-state index in [1.807, 2.05) is 0 Å². The quantitative estimate of drug-likeness (QED) is 0.877. The average molecular weight is 298 g/mol. The van der Waals surface area contributed by atoms with Crippen LogP contribution in [0.1, 0.15) is 45.2 Å². The summed E-state index contributed by atoms with van der Waals surface area (Å²) in [5, 5.41) is 1.10. The van der Waals surface area contributed by atoms with Crippen LogP contribution < -0.4 is 10.6 Å². The molecule has 1 rings (SSSR count). The highest BCUT2D eigenvalue weighted by Crippen LogP contribution is 2.34. The van der Waals surface area contributed by atoms with Crippen molar-refractivity contribution in [3.05, 3.63) is 10.6 Å². The van der Waals surface area contributed by atoms with Gasteiger partial charge in [0.15, 0.2) is 5.13 Å². The Morgan fingerprint density at radius 2 is 1.90 bits per heavy atom. The van der Waals surface area contributed by atoms with Crippen LogP contribution >= 0.6 is 11.3 Å². The van der Waals surface area contributed by atoms with E-state index in [1.54, 1.807) is 11.3 Å². The number of likely N-dealkylation sites (N-methyl/N-ethyl adjacent to an activating group) is 2. The minimum atomic E-state index is 0.0493. The van der Waals surface area contributed by atoms with Crippen LogP contribution in [0.5, 0.6) is 0 Å². The van der Waals surface area contributed by atoms with E-state index >= 15 is 0 Å². The van der Waals surface area contributed by atoms with Gasteiger partial charge in [-0.25, -0.2) is 4.98 Å². The molecule has 1 heterocycles. The van der Waals surface area contributed by atoms with E-state index in [0.29, 0.717) is 12.6 Å². The van der Waals surface area contributed by atoms with Gasteiger partial charge in [0.1, 0.15) is 0 Å². The van der Waals surface area contributed by atoms with E-state index in [1.165, 1.54) is 4.88 Å². The largest absolute Gasteiger partial charge is 0.344 e. The highest BCUT2D eigenvalue weighted by atomic mass is 32.1. The number of hydrogen-bond donors (Lipinski definition) is 1. The summed E-state index contributed by atoms with van der Waals surface area (Å²) in [5.41, 5.74) is 7.10. The molecule has 0 bridgehead atoms. The topological polar surface area (TPSA) is 45.4 Å². The molecule has 20 heavy (non-hydrogen) atoms. The fraction of sp³-hybridized carbons (Fsp3) is 0.800. The predicted molar refractivity (Wildman–Crippen MR) is 89.7 cm³/mol. The molecule has 1 atom stereocenters. The summed E-state index contributed by atoms with van der Waals surface area (Å²) < 4.78 is 0. The van der Waals surface area contributed by atoms with Crippen molar-refractivity contribution in [2.24, 2.45) is 5.73 Å². The molecule has 2 N–H and O–H groups in total. The Hall–Kier alpha value is -0.650. The van der Waals surface area contributed by atoms with Crippen molar-refractivity contribution in [2.45, 2.75) is 52.6 Å². The monoisotopic (exact) mass is 298 g/mol. The van der Waals surface area contributed by atoms with Crippen LogP contribution in [-0.2, 0) is 12.0 Å². The minimum absolute atomic E-state index is 0.0493. The molecule has 1 aromatic rings. The molecule has 0 saturated carbocycles. The van der Waals surface area contributed by atoms with Gasteiger partial charge in [-0.15, -0.1) is 11.3 Å². The molecule has 0 radical (unpaired) electrons. The summed E-state index contributed by atoms with van der Waals surface area (Å²) >= 11 is 1.75. The second-order valence-corrected chi connectivity index (χ2v) is 7.68. The number of anilines is 1. The number of thiazole rings is 1. The van der Waals surface area contributed by atoms with Crippen LogP contribution in [-0.4, -0.2) is 43.1 Å². The average Bonchev–Trinajstić information content (AvgIpc) is 2.72. The number of nitrogens with two attached hydrogens (primary N) is 1. The Balaban J connectivity index is 3.08. The lowest BCUT2D eigenvalue weighted by Crippen LogP contribution is -2.40. The Morgan fingerprint density at radius 1 is 1.30 bits per heavy atom. The molecule has 0 aromatic carbocycles. The first-order valence-electron chi connectivity index (χ1n) is 7.32. The first-order valence-corrected chi connectivity index (χ1v) is 8.14. The molecule has 116 valence electrons. The van der Waals surface area contributed by atoms with E-state index in [9.17, 15) is 0 Å². The number of rotatable bonds is 6. The van der Waals surface area contributed by atoms with Crippen LogP contribution in [0.3, 0.4) is 0 Å². The third kappa shape index (κ3) is 4.17. The predicted octanol–water partition coefficient (Wildman–Crippen LogP) is 2.68. The fourth-order valence-corrected chi connectivity index (χ4v) is 3.76. The first kappa shape index (κ1) is 17.4. The standard InChI is InChI=1S/C15H30N4S/c1-8-19(11(2)10-18(6)7)14-17-13(15(3,4)5)12(9-16)20-14/h11H,8-10,16H2,1-7H3. The van der Waals surface area contributed by atoms with Crippen molar-refractivity contribution in [1.29, 1.82) is 0 Å². The lowest BCUT2D eigenvalue weighted by molar-refractivity contribution is 0.372. The summed E-state index contributed by atoms with van der Waals surface area (Å²) in [5.74, 6) is 0. The molecule has 4 nitrogen and oxygen atoms in total. The van der Waals surface area contributed by atoms with E-state index in [0.717, 1.165) is 23.9 Å². The maximum Gasteiger partial charge on any atom is 0.186 e. The van der Waals surface area contributed by atoms with Gasteiger partial charge in [-0.2, -0.15) is 0 Å². The van der Waals surface area contributed by atoms with Crippen LogP contribution in [0.15, 0.2) is 0 Å². The molecule has 0 fully saturated rings. The van der Waals surface area contributed by atoms with Gasteiger partial charge in [0, 0.05) is 36.0 Å². The normalized spacial score (nSPS) is 13.8. The summed E-state index contributed by atoms with van der Waals surface area (Å²) in [7, 11) is 4.22. The van der Waals surface area contributed by atoms with Gasteiger partial charge in [-0.3, -0.25) is 0 Å². The Morgan fingerprint density at radius 3 is 2.25 bits per heavy atom. The van der Waals surface area contributed by atoms with E-state index in [-0.39, 0.29) is 5.41 Å². The van der Waals surface area contributed by atoms with Gasteiger partial charge in [0.2, 0.25) is 0 Å². The number of aromatic nitrogens is 1. The second kappa shape index (κ2) is 6.87. The van der Waals surface area contributed by atoms with Gasteiger partial charge in [0.05, 0.1) is 5.69 Å². The smallest absolute Gasteiger partial charge is 0.186 e. The lowest BCUT2D eigenvalue weighted by Gasteiger charge is -2.29. The van der Waals surface area contributed by atoms with Crippen LogP contribution in [0.2, 0.25) is 0 Å². The SMILES string of the molecule is CCN(c1nc(C(C)(C)C)c(CN)s1)C(C)CN(C)C. The Kier molecular flexibility index (Phi) is 5.98. The van der Waals surface area contributed by atoms with Crippen molar-refractivity contribution >= 4 is 16.5 Å². The second-order valence-electron chi connectivity index (χ2n) is 6.62. The molecule has 0 amide bonds. The van der Waals surface area contributed by atoms with Gasteiger partial charge < -0.3 is 15.5 Å². The van der Waals surface area contributed by atoms with E-state index < -0.39 is 0 Å². The Labute approximate surface area is 128 Å². The molecule has 0 aliphatic carbocycles. The van der Waals surface area contributed by atoms with Crippen LogP contribution in [0.4, 0.5) is 5.13 Å². The maximum absolute atomic E-state index is 5.90. The third-order valence-electron chi connectivity index (χ3n) is 3.33. The van der Waals surface area contributed by atoms with Crippen molar-refractivity contribution in [2.75, 3.05) is 32.1 Å². The number of nitrogens with zero attached hydrogens (tertiary/aromatic N) is 3. The first-order chi connectivity index (χ1) is 9.20. The maximum atomic E-state index is 5.90. The highest BCUT2D eigenvalue weighted by Gasteiger charge is 2.25. The Bertz CT molecular complexity index is 420. The van der Waals surface area contributed by atoms with Gasteiger partial charge in [-0.1, -0.05) is 20.8 Å². The molecular weight excluding hydrogens is 268 g/mol. The number of hydrogen-bond acceptors (Lipinski definition) is 5. The molecule has 1 unspecified atom stereocenters. The van der Waals surface area contributed by atoms with E-state index in [4.69, 9.17) is 10.7 Å². The molecule has 0 saturated heterocycles. The zero-order valence-electron chi connectivity index (χ0n) is 14.0. The molecule has 0 spiro atoms. The van der Waals surface area contributed by atoms with Crippen molar-refractivity contribution in [3.63, 3.8) is 0 Å². The van der Waals surface area contributed by atoms with Gasteiger partial charge in [-0.05, 0) is 27.9 Å². The highest BCUT2D eigenvalue weighted by molar-refractivity contribution is 7.15. The van der Waals surface area contributed by atoms with Crippen molar-refractivity contribution < 1.29 is 0 Å². The minimum Gasteiger partial charge on any atom is -0.344 e. The van der Waals surface area contributed by atoms with Crippen molar-refractivity contribution in [1.82, 2.24) is 9.88 Å². The lowest BCUT2D eigenvalue weighted by atomic mass is 9.91. The zero-order valence-corrected chi connectivity index (χ0v) is 14.8. The van der Waals surface area contributed by atoms with E-state index in [2.05, 4.69) is 58.5 Å².